The van der Waals surface area contributed by atoms with Gasteiger partial charge in [0.25, 0.3) is 0 Å². The summed E-state index contributed by atoms with van der Waals surface area (Å²) in [6, 6.07) is 14.4. The number of benzene rings is 2. The molecule has 0 saturated carbocycles. The molecule has 0 saturated heterocycles. The second-order valence-electron chi connectivity index (χ2n) is 6.59. The SMILES string of the molecule is C[C@H](CC/C=C/C(=O)Nc1ccccc1N)[C@H](O)c1ccccc1OCCO. The van der Waals surface area contributed by atoms with Crippen molar-refractivity contribution in [3.63, 3.8) is 0 Å². The van der Waals surface area contributed by atoms with Gasteiger partial charge in [-0.2, -0.15) is 0 Å². The Morgan fingerprint density at radius 3 is 2.68 bits per heavy atom. The van der Waals surface area contributed by atoms with Crippen molar-refractivity contribution in [3.05, 3.63) is 66.2 Å². The molecule has 5 N–H and O–H groups in total. The molecular weight excluding hydrogens is 356 g/mol. The molecule has 150 valence electrons. The van der Waals surface area contributed by atoms with E-state index in [1.165, 1.54) is 6.08 Å². The summed E-state index contributed by atoms with van der Waals surface area (Å²) < 4.78 is 5.49. The van der Waals surface area contributed by atoms with Crippen LogP contribution in [0.15, 0.2) is 60.7 Å². The molecule has 2 atom stereocenters. The maximum absolute atomic E-state index is 12.0. The third kappa shape index (κ3) is 6.40. The first-order chi connectivity index (χ1) is 13.5. The van der Waals surface area contributed by atoms with Crippen LogP contribution in [0.4, 0.5) is 11.4 Å². The first-order valence-electron chi connectivity index (χ1n) is 9.35. The van der Waals surface area contributed by atoms with Crippen LogP contribution in [0, 0.1) is 5.92 Å². The molecule has 2 aromatic carbocycles. The molecular formula is C22H28N2O4. The number of allylic oxidation sites excluding steroid dienone is 1. The second kappa shape index (κ2) is 11.1. The Kier molecular flexibility index (Phi) is 8.52. The Labute approximate surface area is 165 Å². The Bertz CT molecular complexity index is 792. The molecule has 0 aliphatic carbocycles. The molecule has 0 spiro atoms. The first-order valence-corrected chi connectivity index (χ1v) is 9.35. The van der Waals surface area contributed by atoms with Crippen LogP contribution >= 0.6 is 0 Å². The van der Waals surface area contributed by atoms with Gasteiger partial charge in [0.05, 0.1) is 24.1 Å². The third-order valence-electron chi connectivity index (χ3n) is 4.40. The Morgan fingerprint density at radius 2 is 1.93 bits per heavy atom. The average molecular weight is 384 g/mol. The number of aliphatic hydroxyl groups is 2. The van der Waals surface area contributed by atoms with Gasteiger partial charge in [-0.05, 0) is 43.0 Å². The van der Waals surface area contributed by atoms with Crippen LogP contribution in [-0.2, 0) is 4.79 Å². The standard InChI is InChI=1S/C22H28N2O4/c1-16(22(27)17-9-3-6-12-20(17)28-15-14-25)8-2-7-13-21(26)24-19-11-5-4-10-18(19)23/h3-7,9-13,16,22,25,27H,2,8,14-15,23H2,1H3,(H,24,26)/b13-7+/t16-,22+/m1/s1. The average Bonchev–Trinajstić information content (AvgIpc) is 2.71. The molecule has 6 heteroatoms. The highest BCUT2D eigenvalue weighted by molar-refractivity contribution is 6.01. The van der Waals surface area contributed by atoms with Crippen LogP contribution in [0.2, 0.25) is 0 Å². The van der Waals surface area contributed by atoms with Crippen molar-refractivity contribution in [2.45, 2.75) is 25.9 Å². The van der Waals surface area contributed by atoms with E-state index in [0.29, 0.717) is 35.5 Å². The lowest BCUT2D eigenvalue weighted by atomic mass is 9.92. The molecule has 0 bridgehead atoms. The third-order valence-corrected chi connectivity index (χ3v) is 4.40. The predicted molar refractivity (Wildman–Crippen MR) is 111 cm³/mol. The highest BCUT2D eigenvalue weighted by Gasteiger charge is 2.19. The van der Waals surface area contributed by atoms with Gasteiger partial charge in [-0.1, -0.05) is 43.3 Å². The van der Waals surface area contributed by atoms with Crippen LogP contribution in [0.3, 0.4) is 0 Å². The van der Waals surface area contributed by atoms with Gasteiger partial charge >= 0.3 is 0 Å². The maximum Gasteiger partial charge on any atom is 0.248 e. The molecule has 0 radical (unpaired) electrons. The minimum atomic E-state index is -0.693. The fourth-order valence-electron chi connectivity index (χ4n) is 2.81. The van der Waals surface area contributed by atoms with E-state index in [4.69, 9.17) is 15.6 Å². The summed E-state index contributed by atoms with van der Waals surface area (Å²) in [7, 11) is 0. The smallest absolute Gasteiger partial charge is 0.248 e. The summed E-state index contributed by atoms with van der Waals surface area (Å²) in [4.78, 5) is 12.0. The lowest BCUT2D eigenvalue weighted by molar-refractivity contribution is -0.111. The number of anilines is 2. The molecule has 2 aromatic rings. The number of amides is 1. The summed E-state index contributed by atoms with van der Waals surface area (Å²) in [5, 5.41) is 22.3. The second-order valence-corrected chi connectivity index (χ2v) is 6.59. The van der Waals surface area contributed by atoms with Crippen LogP contribution in [-0.4, -0.2) is 29.3 Å². The minimum absolute atomic E-state index is 0.0312. The molecule has 0 aromatic heterocycles. The fraction of sp³-hybridized carbons (Fsp3) is 0.318. The summed E-state index contributed by atoms with van der Waals surface area (Å²) in [6.45, 7) is 2.05. The van der Waals surface area contributed by atoms with E-state index in [1.54, 1.807) is 36.4 Å². The summed E-state index contributed by atoms with van der Waals surface area (Å²) in [5.74, 6) is 0.302. The molecule has 6 nitrogen and oxygen atoms in total. The monoisotopic (exact) mass is 384 g/mol. The van der Waals surface area contributed by atoms with E-state index < -0.39 is 6.10 Å². The van der Waals surface area contributed by atoms with E-state index in [9.17, 15) is 9.90 Å². The zero-order chi connectivity index (χ0) is 20.4. The van der Waals surface area contributed by atoms with Crippen LogP contribution in [0.1, 0.15) is 31.4 Å². The summed E-state index contributed by atoms with van der Waals surface area (Å²) >= 11 is 0. The van der Waals surface area contributed by atoms with Crippen molar-refractivity contribution in [2.75, 3.05) is 24.3 Å². The molecule has 2 rings (SSSR count). The van der Waals surface area contributed by atoms with Gasteiger partial charge in [0, 0.05) is 5.56 Å². The van der Waals surface area contributed by atoms with Gasteiger partial charge in [0.1, 0.15) is 12.4 Å². The molecule has 0 unspecified atom stereocenters. The largest absolute Gasteiger partial charge is 0.491 e. The zero-order valence-electron chi connectivity index (χ0n) is 16.0. The number of nitrogens with two attached hydrogens (primary N) is 1. The lowest BCUT2D eigenvalue weighted by Crippen LogP contribution is -2.12. The number of carbonyl (C=O) groups is 1. The molecule has 0 heterocycles. The number of ether oxygens (including phenoxy) is 1. The van der Waals surface area contributed by atoms with E-state index >= 15 is 0 Å². The van der Waals surface area contributed by atoms with Crippen LogP contribution in [0.5, 0.6) is 5.75 Å². The quantitative estimate of drug-likeness (QED) is 0.372. The Balaban J connectivity index is 1.85. The van der Waals surface area contributed by atoms with Crippen molar-refractivity contribution in [3.8, 4) is 5.75 Å². The van der Waals surface area contributed by atoms with Crippen LogP contribution < -0.4 is 15.8 Å². The normalized spacial score (nSPS) is 13.2. The molecule has 0 aliphatic rings. The van der Waals surface area contributed by atoms with E-state index in [0.717, 1.165) is 0 Å². The zero-order valence-corrected chi connectivity index (χ0v) is 16.0. The van der Waals surface area contributed by atoms with E-state index in [1.807, 2.05) is 25.1 Å². The van der Waals surface area contributed by atoms with Crippen molar-refractivity contribution in [1.82, 2.24) is 0 Å². The minimum Gasteiger partial charge on any atom is -0.491 e. The number of nitrogen functional groups attached to an aromatic ring is 1. The first kappa shape index (κ1) is 21.5. The summed E-state index contributed by atoms with van der Waals surface area (Å²) in [5.41, 5.74) is 7.60. The maximum atomic E-state index is 12.0. The van der Waals surface area contributed by atoms with Gasteiger partial charge < -0.3 is 26.0 Å². The van der Waals surface area contributed by atoms with Crippen molar-refractivity contribution < 1.29 is 19.7 Å². The van der Waals surface area contributed by atoms with Gasteiger partial charge in [-0.25, -0.2) is 0 Å². The van der Waals surface area contributed by atoms with Crippen LogP contribution in [0.25, 0.3) is 0 Å². The van der Waals surface area contributed by atoms with Gasteiger partial charge in [0.15, 0.2) is 0 Å². The number of hydrogen-bond acceptors (Lipinski definition) is 5. The molecule has 0 aliphatic heterocycles. The van der Waals surface area contributed by atoms with E-state index in [2.05, 4.69) is 5.32 Å². The number of para-hydroxylation sites is 3. The molecule has 28 heavy (non-hydrogen) atoms. The van der Waals surface area contributed by atoms with Crippen molar-refractivity contribution >= 4 is 17.3 Å². The Hall–Kier alpha value is -2.83. The summed E-state index contributed by atoms with van der Waals surface area (Å²) in [6.07, 6.45) is 3.92. The fourth-order valence-corrected chi connectivity index (χ4v) is 2.81. The van der Waals surface area contributed by atoms with Crippen molar-refractivity contribution in [2.24, 2.45) is 5.92 Å². The topological polar surface area (TPSA) is 105 Å². The molecule has 1 amide bonds. The number of aliphatic hydroxyl groups excluding tert-OH is 2. The number of carbonyl (C=O) groups excluding carboxylic acids is 1. The van der Waals surface area contributed by atoms with E-state index in [-0.39, 0.29) is 25.0 Å². The Morgan fingerprint density at radius 1 is 1.21 bits per heavy atom. The number of nitrogens with one attached hydrogen (secondary N) is 1. The highest BCUT2D eigenvalue weighted by atomic mass is 16.5. The number of hydrogen-bond donors (Lipinski definition) is 4. The van der Waals surface area contributed by atoms with Gasteiger partial charge in [-0.3, -0.25) is 4.79 Å². The van der Waals surface area contributed by atoms with Crippen molar-refractivity contribution in [1.29, 1.82) is 0 Å². The lowest BCUT2D eigenvalue weighted by Gasteiger charge is -2.21. The predicted octanol–water partition coefficient (Wildman–Crippen LogP) is 3.28. The van der Waals surface area contributed by atoms with Gasteiger partial charge in [-0.15, -0.1) is 0 Å². The number of rotatable bonds is 10. The molecule has 0 fully saturated rings. The highest BCUT2D eigenvalue weighted by Crippen LogP contribution is 2.32. The van der Waals surface area contributed by atoms with Gasteiger partial charge in [0.2, 0.25) is 5.91 Å².